The molecule has 0 radical (unpaired) electrons. The van der Waals surface area contributed by atoms with E-state index in [1.54, 1.807) is 0 Å². The maximum absolute atomic E-state index is 7.08. The topological polar surface area (TPSA) is 18.5 Å². The summed E-state index contributed by atoms with van der Waals surface area (Å²) in [5.41, 5.74) is 12.7. The van der Waals surface area contributed by atoms with Gasteiger partial charge in [0.05, 0.1) is 0 Å². The van der Waals surface area contributed by atoms with Gasteiger partial charge in [-0.3, -0.25) is 0 Å². The Balaban J connectivity index is 1.14. The van der Waals surface area contributed by atoms with Crippen LogP contribution in [0.4, 0.5) is 0 Å². The molecule has 0 amide bonds. The Labute approximate surface area is 346 Å². The molecule has 0 spiro atoms. The van der Waals surface area contributed by atoms with Crippen molar-refractivity contribution in [1.82, 2.24) is 0 Å². The average Bonchev–Trinajstić information content (AvgIpc) is 3.28. The van der Waals surface area contributed by atoms with E-state index in [4.69, 9.17) is 9.47 Å². The molecule has 0 unspecified atom stereocenters. The van der Waals surface area contributed by atoms with Gasteiger partial charge in [-0.15, -0.1) is 0 Å². The molecule has 0 bridgehead atoms. The lowest BCUT2D eigenvalue weighted by Gasteiger charge is -2.36. The summed E-state index contributed by atoms with van der Waals surface area (Å²) in [5.74, 6) is 3.44. The van der Waals surface area contributed by atoms with E-state index in [0.29, 0.717) is 0 Å². The highest BCUT2D eigenvalue weighted by molar-refractivity contribution is 6.98. The Kier molecular flexibility index (Phi) is 8.00. The van der Waals surface area contributed by atoms with Crippen LogP contribution in [0.25, 0.3) is 43.8 Å². The first-order valence-electron chi connectivity index (χ1n) is 20.7. The molecule has 11 rings (SSSR count). The quantitative estimate of drug-likeness (QED) is 0.124. The molecule has 2 heterocycles. The second kappa shape index (κ2) is 13.4. The highest BCUT2D eigenvalue weighted by Crippen LogP contribution is 2.47. The fourth-order valence-corrected chi connectivity index (χ4v) is 9.82. The second-order valence-electron chi connectivity index (χ2n) is 17.2. The summed E-state index contributed by atoms with van der Waals surface area (Å²) in [7, 11) is 0. The summed E-state index contributed by atoms with van der Waals surface area (Å²) in [6.07, 6.45) is 0. The normalized spacial score (nSPS) is 13.0. The van der Waals surface area contributed by atoms with Gasteiger partial charge in [0.25, 0.3) is 6.71 Å². The van der Waals surface area contributed by atoms with E-state index < -0.39 is 0 Å². The standard InChI is InChI=1S/C56H43BO2/c1-55(2,38-20-10-6-11-21-38)40-28-30-48-46(34-40)57-47-35-41(56(3,4)39-22-12-7-13-23-39)29-31-49(47)59-51-33-37(32-50(58-48)54(51)57)53-44-26-16-14-24-42(44)52(36-18-8-5-9-19-36)43-25-15-17-27-45(43)53/h5-35H,1-4H3. The molecule has 9 aromatic rings. The number of rotatable bonds is 6. The SMILES string of the molecule is CC(C)(c1ccccc1)c1ccc2c(c1)B1c3cc(C(C)(C)c4ccccc4)ccc3Oc3cc(-c4c5ccccc5c(-c5ccccc5)c5ccccc45)cc(c31)O2. The molecular formula is C56H43BO2. The van der Waals surface area contributed by atoms with Crippen LogP contribution < -0.4 is 25.9 Å². The van der Waals surface area contributed by atoms with Crippen LogP contribution in [0, 0.1) is 0 Å². The van der Waals surface area contributed by atoms with Crippen molar-refractivity contribution in [3.63, 3.8) is 0 Å². The monoisotopic (exact) mass is 758 g/mol. The minimum atomic E-state index is -0.220. The first-order valence-corrected chi connectivity index (χ1v) is 20.7. The molecule has 2 nitrogen and oxygen atoms in total. The first kappa shape index (κ1) is 35.3. The molecular weight excluding hydrogens is 715 g/mol. The molecule has 0 atom stereocenters. The first-order chi connectivity index (χ1) is 28.8. The summed E-state index contributed by atoms with van der Waals surface area (Å²) < 4.78 is 14.2. The molecule has 282 valence electrons. The minimum absolute atomic E-state index is 0.0893. The average molecular weight is 759 g/mol. The van der Waals surface area contributed by atoms with Crippen molar-refractivity contribution in [2.75, 3.05) is 0 Å². The van der Waals surface area contributed by atoms with Gasteiger partial charge in [0.1, 0.15) is 23.0 Å². The van der Waals surface area contributed by atoms with Gasteiger partial charge in [-0.2, -0.15) is 0 Å². The predicted octanol–water partition coefficient (Wildman–Crippen LogP) is 12.7. The van der Waals surface area contributed by atoms with Crippen molar-refractivity contribution < 1.29 is 9.47 Å². The third kappa shape index (κ3) is 5.56. The molecule has 2 aliphatic heterocycles. The van der Waals surface area contributed by atoms with Crippen LogP contribution in [-0.4, -0.2) is 6.71 Å². The second-order valence-corrected chi connectivity index (χ2v) is 17.2. The Bertz CT molecular complexity index is 2910. The highest BCUT2D eigenvalue weighted by atomic mass is 16.5. The molecule has 0 aliphatic carbocycles. The zero-order chi connectivity index (χ0) is 39.9. The number of ether oxygens (including phenoxy) is 2. The highest BCUT2D eigenvalue weighted by Gasteiger charge is 2.42. The fraction of sp³-hybridized carbons (Fsp3) is 0.107. The van der Waals surface area contributed by atoms with Crippen molar-refractivity contribution in [3.8, 4) is 45.3 Å². The van der Waals surface area contributed by atoms with Gasteiger partial charge in [0.15, 0.2) is 0 Å². The van der Waals surface area contributed by atoms with Crippen LogP contribution in [0.15, 0.2) is 188 Å². The number of hydrogen-bond donors (Lipinski definition) is 0. The van der Waals surface area contributed by atoms with Gasteiger partial charge < -0.3 is 9.47 Å². The Morgan fingerprint density at radius 1 is 0.339 bits per heavy atom. The number of benzene rings is 9. The van der Waals surface area contributed by atoms with Crippen molar-refractivity contribution in [1.29, 1.82) is 0 Å². The van der Waals surface area contributed by atoms with Crippen molar-refractivity contribution >= 4 is 44.6 Å². The van der Waals surface area contributed by atoms with Crippen LogP contribution >= 0.6 is 0 Å². The lowest BCUT2D eigenvalue weighted by molar-refractivity contribution is 0.464. The van der Waals surface area contributed by atoms with E-state index in [1.807, 2.05) is 0 Å². The van der Waals surface area contributed by atoms with Crippen LogP contribution in [0.5, 0.6) is 23.0 Å². The van der Waals surface area contributed by atoms with Gasteiger partial charge in [-0.25, -0.2) is 0 Å². The fourth-order valence-electron chi connectivity index (χ4n) is 9.82. The largest absolute Gasteiger partial charge is 0.458 e. The lowest BCUT2D eigenvalue weighted by atomic mass is 9.34. The van der Waals surface area contributed by atoms with E-state index in [0.717, 1.165) is 44.9 Å². The molecule has 3 heteroatoms. The van der Waals surface area contributed by atoms with Gasteiger partial charge >= 0.3 is 0 Å². The van der Waals surface area contributed by atoms with E-state index in [1.165, 1.54) is 60.5 Å². The van der Waals surface area contributed by atoms with Crippen LogP contribution in [0.2, 0.25) is 0 Å². The van der Waals surface area contributed by atoms with Crippen molar-refractivity contribution in [2.45, 2.75) is 38.5 Å². The van der Waals surface area contributed by atoms with Gasteiger partial charge in [-0.1, -0.05) is 191 Å². The van der Waals surface area contributed by atoms with Crippen molar-refractivity contribution in [3.05, 3.63) is 210 Å². The molecule has 0 saturated carbocycles. The van der Waals surface area contributed by atoms with E-state index in [2.05, 4.69) is 216 Å². The zero-order valence-corrected chi connectivity index (χ0v) is 33.8. The maximum Gasteiger partial charge on any atom is 0.260 e. The molecule has 0 saturated heterocycles. The van der Waals surface area contributed by atoms with Crippen molar-refractivity contribution in [2.24, 2.45) is 0 Å². The van der Waals surface area contributed by atoms with E-state index >= 15 is 0 Å². The minimum Gasteiger partial charge on any atom is -0.458 e. The Morgan fingerprint density at radius 3 is 1.14 bits per heavy atom. The van der Waals surface area contributed by atoms with Crippen LogP contribution in [0.1, 0.15) is 49.9 Å². The van der Waals surface area contributed by atoms with Gasteiger partial charge in [0, 0.05) is 16.3 Å². The third-order valence-electron chi connectivity index (χ3n) is 13.2. The summed E-state index contributed by atoms with van der Waals surface area (Å²) in [5, 5.41) is 4.83. The summed E-state index contributed by atoms with van der Waals surface area (Å²) in [6, 6.07) is 68.2. The van der Waals surface area contributed by atoms with E-state index in [9.17, 15) is 0 Å². The number of fused-ring (bicyclic) bond motifs is 6. The van der Waals surface area contributed by atoms with Gasteiger partial charge in [-0.05, 0) is 101 Å². The molecule has 59 heavy (non-hydrogen) atoms. The molecule has 0 aromatic heterocycles. The smallest absolute Gasteiger partial charge is 0.260 e. The zero-order valence-electron chi connectivity index (χ0n) is 33.8. The van der Waals surface area contributed by atoms with Gasteiger partial charge in [0.2, 0.25) is 0 Å². The summed E-state index contributed by atoms with van der Waals surface area (Å²) in [6.45, 7) is 9.17. The summed E-state index contributed by atoms with van der Waals surface area (Å²) in [4.78, 5) is 0. The number of hydrogen-bond acceptors (Lipinski definition) is 2. The summed E-state index contributed by atoms with van der Waals surface area (Å²) >= 11 is 0. The maximum atomic E-state index is 7.08. The third-order valence-corrected chi connectivity index (χ3v) is 13.2. The Hall–Kier alpha value is -6.84. The van der Waals surface area contributed by atoms with Crippen LogP contribution in [-0.2, 0) is 10.8 Å². The van der Waals surface area contributed by atoms with E-state index in [-0.39, 0.29) is 17.5 Å². The molecule has 0 fully saturated rings. The van der Waals surface area contributed by atoms with Crippen LogP contribution in [0.3, 0.4) is 0 Å². The predicted molar refractivity (Wildman–Crippen MR) is 247 cm³/mol. The molecule has 9 aromatic carbocycles. The molecule has 0 N–H and O–H groups in total. The Morgan fingerprint density at radius 2 is 0.712 bits per heavy atom. The molecule has 2 aliphatic rings. The lowest BCUT2D eigenvalue weighted by Crippen LogP contribution is -2.57.